The molecule has 0 fully saturated rings. The van der Waals surface area contributed by atoms with Gasteiger partial charge in [-0.25, -0.2) is 9.78 Å². The van der Waals surface area contributed by atoms with Crippen molar-refractivity contribution in [2.45, 2.75) is 40.2 Å². The Morgan fingerprint density at radius 3 is 2.57 bits per heavy atom. The quantitative estimate of drug-likeness (QED) is 0.267. The van der Waals surface area contributed by atoms with Crippen molar-refractivity contribution in [2.24, 2.45) is 0 Å². The van der Waals surface area contributed by atoms with Gasteiger partial charge in [-0.1, -0.05) is 37.1 Å². The van der Waals surface area contributed by atoms with Crippen LogP contribution in [-0.4, -0.2) is 28.0 Å². The average molecular weight is 490 g/mol. The third-order valence-corrected chi connectivity index (χ3v) is 6.57. The lowest BCUT2D eigenvalue weighted by Crippen LogP contribution is -2.27. The van der Waals surface area contributed by atoms with Gasteiger partial charge in [-0.3, -0.25) is 14.2 Å². The summed E-state index contributed by atoms with van der Waals surface area (Å²) in [6.07, 6.45) is 3.17. The largest absolute Gasteiger partial charge is 0.462 e. The summed E-state index contributed by atoms with van der Waals surface area (Å²) in [5, 5.41) is 5.22. The van der Waals surface area contributed by atoms with Crippen LogP contribution in [0.1, 0.15) is 41.3 Å². The monoisotopic (exact) mass is 489 g/mol. The van der Waals surface area contributed by atoms with E-state index in [0.29, 0.717) is 28.1 Å². The van der Waals surface area contributed by atoms with Gasteiger partial charge in [-0.15, -0.1) is 11.3 Å². The molecule has 0 unspecified atom stereocenters. The highest BCUT2D eigenvalue weighted by atomic mass is 32.1. The van der Waals surface area contributed by atoms with Gasteiger partial charge in [0, 0.05) is 16.6 Å². The van der Waals surface area contributed by atoms with E-state index in [4.69, 9.17) is 4.74 Å². The zero-order valence-corrected chi connectivity index (χ0v) is 20.8. The lowest BCUT2D eigenvalue weighted by Gasteiger charge is -2.09. The summed E-state index contributed by atoms with van der Waals surface area (Å²) in [7, 11) is 0. The number of ether oxygens (including phenoxy) is 1. The number of anilines is 1. The van der Waals surface area contributed by atoms with E-state index in [1.165, 1.54) is 22.2 Å². The zero-order valence-electron chi connectivity index (χ0n) is 20.0. The van der Waals surface area contributed by atoms with E-state index in [1.807, 2.05) is 38.3 Å². The van der Waals surface area contributed by atoms with Crippen molar-refractivity contribution in [1.82, 2.24) is 9.55 Å². The Labute approximate surface area is 207 Å². The Morgan fingerprint density at radius 1 is 1.09 bits per heavy atom. The molecule has 4 aromatic rings. The maximum Gasteiger partial charge on any atom is 0.338 e. The number of rotatable bonds is 8. The van der Waals surface area contributed by atoms with Gasteiger partial charge in [0.2, 0.25) is 5.91 Å². The fourth-order valence-corrected chi connectivity index (χ4v) is 4.73. The van der Waals surface area contributed by atoms with Gasteiger partial charge in [-0.05, 0) is 55.7 Å². The highest BCUT2D eigenvalue weighted by molar-refractivity contribution is 7.17. The predicted molar refractivity (Wildman–Crippen MR) is 139 cm³/mol. The zero-order chi connectivity index (χ0) is 24.9. The molecule has 2 heterocycles. The predicted octanol–water partition coefficient (Wildman–Crippen LogP) is 5.34. The minimum Gasteiger partial charge on any atom is -0.462 e. The van der Waals surface area contributed by atoms with Crippen LogP contribution in [0.4, 0.5) is 5.69 Å². The van der Waals surface area contributed by atoms with Crippen LogP contribution in [0.5, 0.6) is 0 Å². The molecule has 1 amide bonds. The number of fused-ring (bicyclic) bond motifs is 1. The second-order valence-electron chi connectivity index (χ2n) is 8.44. The molecule has 0 spiro atoms. The van der Waals surface area contributed by atoms with Crippen molar-refractivity contribution >= 4 is 39.1 Å². The molecule has 0 saturated heterocycles. The second kappa shape index (κ2) is 10.7. The van der Waals surface area contributed by atoms with Gasteiger partial charge in [-0.2, -0.15) is 0 Å². The highest BCUT2D eigenvalue weighted by Crippen LogP contribution is 2.33. The molecule has 2 aromatic heterocycles. The molecule has 0 bridgehead atoms. The minimum absolute atomic E-state index is 0.176. The van der Waals surface area contributed by atoms with E-state index in [1.54, 1.807) is 24.3 Å². The normalized spacial score (nSPS) is 10.9. The van der Waals surface area contributed by atoms with E-state index >= 15 is 0 Å². The van der Waals surface area contributed by atoms with Gasteiger partial charge < -0.3 is 10.1 Å². The lowest BCUT2D eigenvalue weighted by atomic mass is 9.99. The third kappa shape index (κ3) is 5.49. The van der Waals surface area contributed by atoms with E-state index in [9.17, 15) is 14.4 Å². The van der Waals surface area contributed by atoms with Gasteiger partial charge in [0.15, 0.2) is 0 Å². The standard InChI is InChI=1S/C27H27N3O4S/c1-4-5-12-34-27(33)19-7-9-20(10-8-19)29-23(31)14-30-16-28-25-24(26(30)32)22(15-35-25)21-11-6-17(2)13-18(21)3/h6-11,13,15-16H,4-5,12,14H2,1-3H3,(H,29,31). The molecule has 35 heavy (non-hydrogen) atoms. The molecule has 0 saturated carbocycles. The van der Waals surface area contributed by atoms with Gasteiger partial charge >= 0.3 is 5.97 Å². The highest BCUT2D eigenvalue weighted by Gasteiger charge is 2.16. The number of aryl methyl sites for hydroxylation is 2. The number of thiophene rings is 1. The molecular weight excluding hydrogens is 462 g/mol. The molecule has 0 aliphatic carbocycles. The first-order chi connectivity index (χ1) is 16.9. The molecule has 8 heteroatoms. The fourth-order valence-electron chi connectivity index (χ4n) is 3.83. The van der Waals surface area contributed by atoms with Crippen molar-refractivity contribution in [3.63, 3.8) is 0 Å². The first-order valence-corrected chi connectivity index (χ1v) is 12.4. The average Bonchev–Trinajstić information content (AvgIpc) is 3.26. The Bertz CT molecular complexity index is 1440. The molecular formula is C27H27N3O4S. The number of carbonyl (C=O) groups excluding carboxylic acids is 2. The number of aromatic nitrogens is 2. The molecule has 2 aromatic carbocycles. The Morgan fingerprint density at radius 2 is 1.86 bits per heavy atom. The maximum absolute atomic E-state index is 13.3. The number of carbonyl (C=O) groups is 2. The first-order valence-electron chi connectivity index (χ1n) is 11.5. The number of benzene rings is 2. The van der Waals surface area contributed by atoms with Crippen molar-refractivity contribution in [3.8, 4) is 11.1 Å². The van der Waals surface area contributed by atoms with Crippen molar-refractivity contribution in [1.29, 1.82) is 0 Å². The van der Waals surface area contributed by atoms with Crippen LogP contribution < -0.4 is 10.9 Å². The molecule has 0 atom stereocenters. The van der Waals surface area contributed by atoms with Crippen molar-refractivity contribution < 1.29 is 14.3 Å². The van der Waals surface area contributed by atoms with Crippen LogP contribution in [-0.2, 0) is 16.1 Å². The number of nitrogens with one attached hydrogen (secondary N) is 1. The molecule has 0 radical (unpaired) electrons. The summed E-state index contributed by atoms with van der Waals surface area (Å²) in [5.74, 6) is -0.757. The summed E-state index contributed by atoms with van der Waals surface area (Å²) >= 11 is 1.41. The summed E-state index contributed by atoms with van der Waals surface area (Å²) in [4.78, 5) is 43.0. The van der Waals surface area contributed by atoms with Gasteiger partial charge in [0.1, 0.15) is 11.4 Å². The molecule has 0 aliphatic heterocycles. The first kappa shape index (κ1) is 24.3. The maximum atomic E-state index is 13.3. The van der Waals surface area contributed by atoms with E-state index in [-0.39, 0.29) is 18.0 Å². The molecule has 180 valence electrons. The smallest absolute Gasteiger partial charge is 0.338 e. The number of unbranched alkanes of at least 4 members (excludes halogenated alkanes) is 1. The molecule has 1 N–H and O–H groups in total. The summed E-state index contributed by atoms with van der Waals surface area (Å²) in [6, 6.07) is 12.6. The van der Waals surface area contributed by atoms with E-state index < -0.39 is 5.97 Å². The van der Waals surface area contributed by atoms with Crippen LogP contribution in [0.25, 0.3) is 21.3 Å². The van der Waals surface area contributed by atoms with Crippen molar-refractivity contribution in [3.05, 3.63) is 81.2 Å². The Hall–Kier alpha value is -3.78. The van der Waals surface area contributed by atoms with E-state index in [2.05, 4.69) is 16.4 Å². The number of amides is 1. The van der Waals surface area contributed by atoms with Crippen LogP contribution in [0.3, 0.4) is 0 Å². The third-order valence-electron chi connectivity index (χ3n) is 5.68. The lowest BCUT2D eigenvalue weighted by molar-refractivity contribution is -0.116. The van der Waals surface area contributed by atoms with Gasteiger partial charge in [0.05, 0.1) is 23.9 Å². The topological polar surface area (TPSA) is 90.3 Å². The molecule has 7 nitrogen and oxygen atoms in total. The second-order valence-corrected chi connectivity index (χ2v) is 9.30. The number of nitrogens with zero attached hydrogens (tertiary/aromatic N) is 2. The molecule has 4 rings (SSSR count). The summed E-state index contributed by atoms with van der Waals surface area (Å²) in [6.45, 7) is 6.28. The SMILES string of the molecule is CCCCOC(=O)c1ccc(NC(=O)Cn2cnc3scc(-c4ccc(C)cc4C)c3c2=O)cc1. The molecule has 0 aliphatic rings. The van der Waals surface area contributed by atoms with Crippen LogP contribution in [0.15, 0.2) is 59.0 Å². The van der Waals surface area contributed by atoms with Crippen LogP contribution >= 0.6 is 11.3 Å². The Kier molecular flexibility index (Phi) is 7.41. The van der Waals surface area contributed by atoms with Crippen LogP contribution in [0, 0.1) is 13.8 Å². The Balaban J connectivity index is 1.50. The number of hydrogen-bond donors (Lipinski definition) is 1. The van der Waals surface area contributed by atoms with E-state index in [0.717, 1.165) is 35.1 Å². The van der Waals surface area contributed by atoms with Gasteiger partial charge in [0.25, 0.3) is 5.56 Å². The fraction of sp³-hybridized carbons (Fsp3) is 0.259. The van der Waals surface area contributed by atoms with Crippen LogP contribution in [0.2, 0.25) is 0 Å². The summed E-state index contributed by atoms with van der Waals surface area (Å²) < 4.78 is 6.51. The number of hydrogen-bond acceptors (Lipinski definition) is 6. The number of esters is 1. The minimum atomic E-state index is -0.391. The van der Waals surface area contributed by atoms with Crippen molar-refractivity contribution in [2.75, 3.05) is 11.9 Å². The summed E-state index contributed by atoms with van der Waals surface area (Å²) in [5.41, 5.74) is 4.73.